The van der Waals surface area contributed by atoms with E-state index >= 15 is 0 Å². The highest BCUT2D eigenvalue weighted by molar-refractivity contribution is 7.89. The number of nitrogens with zero attached hydrogens (tertiary/aromatic N) is 3. The maximum Gasteiger partial charge on any atom is 0.265 e. The van der Waals surface area contributed by atoms with E-state index in [1.807, 2.05) is 20.8 Å². The van der Waals surface area contributed by atoms with Crippen molar-refractivity contribution in [1.82, 2.24) is 14.2 Å². The van der Waals surface area contributed by atoms with Crippen LogP contribution in [0.4, 0.5) is 0 Å². The molecule has 0 bridgehead atoms. The lowest BCUT2D eigenvalue weighted by molar-refractivity contribution is 0.0702. The van der Waals surface area contributed by atoms with Gasteiger partial charge in [0.25, 0.3) is 5.91 Å². The van der Waals surface area contributed by atoms with Crippen molar-refractivity contribution >= 4 is 33.1 Å². The van der Waals surface area contributed by atoms with Crippen LogP contribution in [-0.2, 0) is 15.4 Å². The molecule has 29 heavy (non-hydrogen) atoms. The lowest BCUT2D eigenvalue weighted by Gasteiger charge is -2.33. The minimum atomic E-state index is -3.71. The summed E-state index contributed by atoms with van der Waals surface area (Å²) >= 11 is 1.38. The van der Waals surface area contributed by atoms with E-state index in [4.69, 9.17) is 0 Å². The largest absolute Gasteiger partial charge is 0.335 e. The maximum atomic E-state index is 12.9. The van der Waals surface area contributed by atoms with Crippen LogP contribution in [0.3, 0.4) is 0 Å². The molecule has 0 radical (unpaired) electrons. The van der Waals surface area contributed by atoms with Gasteiger partial charge in [-0.3, -0.25) is 9.59 Å². The van der Waals surface area contributed by atoms with Crippen LogP contribution >= 0.6 is 11.3 Å². The van der Waals surface area contributed by atoms with Gasteiger partial charge < -0.3 is 4.90 Å². The third-order valence-electron chi connectivity index (χ3n) is 4.76. The van der Waals surface area contributed by atoms with Gasteiger partial charge in [-0.25, -0.2) is 13.4 Å². The zero-order valence-corrected chi connectivity index (χ0v) is 18.6. The minimum absolute atomic E-state index is 0.0993. The van der Waals surface area contributed by atoms with E-state index in [0.717, 1.165) is 5.01 Å². The Morgan fingerprint density at radius 3 is 2.31 bits per heavy atom. The Balaban J connectivity index is 1.70. The van der Waals surface area contributed by atoms with Crippen molar-refractivity contribution in [2.45, 2.75) is 38.0 Å². The van der Waals surface area contributed by atoms with E-state index in [0.29, 0.717) is 23.5 Å². The molecule has 7 nitrogen and oxygen atoms in total. The summed E-state index contributed by atoms with van der Waals surface area (Å²) in [5.41, 5.74) is 0.240. The average Bonchev–Trinajstić information content (AvgIpc) is 3.18. The number of piperazine rings is 1. The molecule has 1 aliphatic heterocycles. The molecule has 156 valence electrons. The first-order valence-electron chi connectivity index (χ1n) is 9.37. The third kappa shape index (κ3) is 4.57. The molecule has 3 rings (SSSR count). The number of amides is 1. The number of rotatable bonds is 4. The van der Waals surface area contributed by atoms with Crippen molar-refractivity contribution in [1.29, 1.82) is 0 Å². The highest BCUT2D eigenvalue weighted by atomic mass is 32.2. The molecule has 9 heteroatoms. The zero-order valence-electron chi connectivity index (χ0n) is 17.0. The summed E-state index contributed by atoms with van der Waals surface area (Å²) in [7, 11) is -3.71. The molecule has 1 aliphatic rings. The quantitative estimate of drug-likeness (QED) is 0.689. The normalized spacial score (nSPS) is 16.1. The number of benzene rings is 1. The number of aromatic nitrogens is 1. The number of Topliss-reactive ketones (excluding diaryl/α,β-unsaturated/α-hetero) is 1. The summed E-state index contributed by atoms with van der Waals surface area (Å²) in [4.78, 5) is 31.0. The first-order valence-corrected chi connectivity index (χ1v) is 11.6. The van der Waals surface area contributed by atoms with Crippen LogP contribution < -0.4 is 0 Å². The van der Waals surface area contributed by atoms with E-state index < -0.39 is 10.0 Å². The molecular weight excluding hydrogens is 410 g/mol. The van der Waals surface area contributed by atoms with Crippen molar-refractivity contribution in [2.75, 3.05) is 26.2 Å². The van der Waals surface area contributed by atoms with Crippen LogP contribution in [0.15, 0.2) is 35.4 Å². The molecule has 1 saturated heterocycles. The fourth-order valence-electron chi connectivity index (χ4n) is 3.03. The van der Waals surface area contributed by atoms with E-state index in [1.54, 1.807) is 23.2 Å². The van der Waals surface area contributed by atoms with Gasteiger partial charge in [0.05, 0.1) is 16.1 Å². The SMILES string of the molecule is CC(=O)c1cccc(S(=O)(=O)N2CCN(C(=O)c3cnc(C(C)(C)C)s3)CC2)c1. The van der Waals surface area contributed by atoms with Crippen molar-refractivity contribution < 1.29 is 18.0 Å². The molecule has 1 aromatic carbocycles. The molecule has 0 unspecified atom stereocenters. The van der Waals surface area contributed by atoms with E-state index in [1.165, 1.54) is 34.7 Å². The van der Waals surface area contributed by atoms with Crippen molar-refractivity contribution in [3.05, 3.63) is 45.9 Å². The first kappa shape index (κ1) is 21.6. The molecule has 2 heterocycles. The van der Waals surface area contributed by atoms with Gasteiger partial charge in [0.15, 0.2) is 5.78 Å². The number of thiazole rings is 1. The Bertz CT molecular complexity index is 1030. The van der Waals surface area contributed by atoms with Gasteiger partial charge in [-0.1, -0.05) is 32.9 Å². The smallest absolute Gasteiger partial charge is 0.265 e. The van der Waals surface area contributed by atoms with Crippen LogP contribution in [0.2, 0.25) is 0 Å². The van der Waals surface area contributed by atoms with Gasteiger partial charge in [-0.05, 0) is 19.1 Å². The van der Waals surface area contributed by atoms with Crippen LogP contribution in [0.1, 0.15) is 52.7 Å². The van der Waals surface area contributed by atoms with Crippen molar-refractivity contribution in [3.8, 4) is 0 Å². The summed E-state index contributed by atoms with van der Waals surface area (Å²) < 4.78 is 27.2. The molecule has 2 aromatic rings. The van der Waals surface area contributed by atoms with Crippen molar-refractivity contribution in [2.24, 2.45) is 0 Å². The Hall–Kier alpha value is -2.10. The van der Waals surface area contributed by atoms with Gasteiger partial charge >= 0.3 is 0 Å². The number of carbonyl (C=O) groups excluding carboxylic acids is 2. The number of hydrogen-bond donors (Lipinski definition) is 0. The van der Waals surface area contributed by atoms with Crippen LogP contribution in [-0.4, -0.2) is 60.5 Å². The molecule has 1 fully saturated rings. The number of carbonyl (C=O) groups is 2. The minimum Gasteiger partial charge on any atom is -0.335 e. The predicted molar refractivity (Wildman–Crippen MR) is 112 cm³/mol. The van der Waals surface area contributed by atoms with Gasteiger partial charge in [0, 0.05) is 37.2 Å². The zero-order chi connectivity index (χ0) is 21.4. The van der Waals surface area contributed by atoms with Crippen molar-refractivity contribution in [3.63, 3.8) is 0 Å². The van der Waals surface area contributed by atoms with Gasteiger partial charge in [0.2, 0.25) is 10.0 Å². The summed E-state index contributed by atoms with van der Waals surface area (Å²) in [6.07, 6.45) is 1.60. The number of sulfonamides is 1. The summed E-state index contributed by atoms with van der Waals surface area (Å²) in [6, 6.07) is 6.06. The topological polar surface area (TPSA) is 87.7 Å². The maximum absolute atomic E-state index is 12.9. The molecular formula is C20H25N3O4S2. The van der Waals surface area contributed by atoms with Gasteiger partial charge in [0.1, 0.15) is 4.88 Å². The fourth-order valence-corrected chi connectivity index (χ4v) is 5.44. The van der Waals surface area contributed by atoms with E-state index in [9.17, 15) is 18.0 Å². The van der Waals surface area contributed by atoms with E-state index in [-0.39, 0.29) is 35.1 Å². The first-order chi connectivity index (χ1) is 13.5. The van der Waals surface area contributed by atoms with Crippen LogP contribution in [0.5, 0.6) is 0 Å². The fraction of sp³-hybridized carbons (Fsp3) is 0.450. The lowest BCUT2D eigenvalue weighted by Crippen LogP contribution is -2.50. The second-order valence-electron chi connectivity index (χ2n) is 8.06. The Morgan fingerprint density at radius 2 is 1.76 bits per heavy atom. The third-order valence-corrected chi connectivity index (χ3v) is 8.07. The standard InChI is InChI=1S/C20H25N3O4S2/c1-14(24)15-6-5-7-16(12-15)29(26,27)23-10-8-22(9-11-23)18(25)17-13-21-19(28-17)20(2,3)4/h5-7,12-13H,8-11H2,1-4H3. The number of hydrogen-bond acceptors (Lipinski definition) is 6. The predicted octanol–water partition coefficient (Wildman–Crippen LogP) is 2.79. The Kier molecular flexibility index (Phi) is 5.93. The monoisotopic (exact) mass is 435 g/mol. The second-order valence-corrected chi connectivity index (χ2v) is 11.0. The van der Waals surface area contributed by atoms with E-state index in [2.05, 4.69) is 4.98 Å². The number of ketones is 1. The lowest BCUT2D eigenvalue weighted by atomic mass is 9.98. The highest BCUT2D eigenvalue weighted by Gasteiger charge is 2.31. The van der Waals surface area contributed by atoms with Crippen LogP contribution in [0, 0.1) is 0 Å². The molecule has 1 aromatic heterocycles. The average molecular weight is 436 g/mol. The second kappa shape index (κ2) is 7.97. The Labute approximate surface area is 175 Å². The molecule has 1 amide bonds. The Morgan fingerprint density at radius 1 is 1.10 bits per heavy atom. The van der Waals surface area contributed by atoms with Gasteiger partial charge in [-0.15, -0.1) is 11.3 Å². The molecule has 0 spiro atoms. The highest BCUT2D eigenvalue weighted by Crippen LogP contribution is 2.28. The summed E-state index contributed by atoms with van der Waals surface area (Å²) in [6.45, 7) is 8.59. The molecule has 0 saturated carbocycles. The summed E-state index contributed by atoms with van der Waals surface area (Å²) in [5.74, 6) is -0.301. The summed E-state index contributed by atoms with van der Waals surface area (Å²) in [5, 5.41) is 0.896. The molecule has 0 N–H and O–H groups in total. The van der Waals surface area contributed by atoms with Crippen LogP contribution in [0.25, 0.3) is 0 Å². The molecule has 0 atom stereocenters. The van der Waals surface area contributed by atoms with Gasteiger partial charge in [-0.2, -0.15) is 4.31 Å². The molecule has 0 aliphatic carbocycles.